The minimum atomic E-state index is 0.0880. The van der Waals surface area contributed by atoms with Gasteiger partial charge in [-0.15, -0.1) is 11.3 Å². The number of carbonyl (C=O) groups is 1. The molecule has 3 heteroatoms. The van der Waals surface area contributed by atoms with Crippen molar-refractivity contribution in [3.05, 3.63) is 64.7 Å². The second-order valence-corrected chi connectivity index (χ2v) is 5.60. The van der Waals surface area contributed by atoms with Crippen molar-refractivity contribution in [2.24, 2.45) is 0 Å². The molecule has 0 saturated carbocycles. The first-order chi connectivity index (χ1) is 9.22. The van der Waals surface area contributed by atoms with Gasteiger partial charge < -0.3 is 0 Å². The predicted molar refractivity (Wildman–Crippen MR) is 78.8 cm³/mol. The molecule has 19 heavy (non-hydrogen) atoms. The Morgan fingerprint density at radius 2 is 1.84 bits per heavy atom. The Bertz CT molecular complexity index is 695. The van der Waals surface area contributed by atoms with Gasteiger partial charge in [-0.1, -0.05) is 42.0 Å². The fourth-order valence-electron chi connectivity index (χ4n) is 1.96. The van der Waals surface area contributed by atoms with Gasteiger partial charge in [-0.3, -0.25) is 4.79 Å². The fourth-order valence-corrected chi connectivity index (χ4v) is 2.86. The highest BCUT2D eigenvalue weighted by Gasteiger charge is 2.12. The number of para-hydroxylation sites is 1. The van der Waals surface area contributed by atoms with Crippen molar-refractivity contribution < 1.29 is 4.79 Å². The lowest BCUT2D eigenvalue weighted by atomic mass is 10.1. The van der Waals surface area contributed by atoms with Gasteiger partial charge >= 0.3 is 0 Å². The van der Waals surface area contributed by atoms with Gasteiger partial charge in [-0.25, -0.2) is 4.98 Å². The molecule has 0 aliphatic carbocycles. The lowest BCUT2D eigenvalue weighted by molar-refractivity contribution is 0.0993. The van der Waals surface area contributed by atoms with Crippen LogP contribution in [0, 0.1) is 6.92 Å². The number of aromatic nitrogens is 1. The van der Waals surface area contributed by atoms with Gasteiger partial charge in [0.25, 0.3) is 0 Å². The number of hydrogen-bond donors (Lipinski definition) is 0. The number of benzene rings is 2. The quantitative estimate of drug-likeness (QED) is 0.671. The molecule has 1 heterocycles. The number of rotatable bonds is 3. The summed E-state index contributed by atoms with van der Waals surface area (Å²) in [6.07, 6.45) is 0.417. The number of carbonyl (C=O) groups excluding carboxylic acids is 1. The molecule has 0 radical (unpaired) electrons. The average molecular weight is 267 g/mol. The monoisotopic (exact) mass is 267 g/mol. The van der Waals surface area contributed by atoms with E-state index in [1.54, 1.807) is 0 Å². The molecule has 1 aromatic heterocycles. The van der Waals surface area contributed by atoms with E-state index in [0.717, 1.165) is 15.8 Å². The molecule has 0 saturated heterocycles. The third kappa shape index (κ3) is 2.56. The average Bonchev–Trinajstić information content (AvgIpc) is 2.85. The summed E-state index contributed by atoms with van der Waals surface area (Å²) in [5, 5.41) is 0.599. The van der Waals surface area contributed by atoms with E-state index in [0.29, 0.717) is 11.4 Å². The van der Waals surface area contributed by atoms with Crippen molar-refractivity contribution in [3.63, 3.8) is 0 Å². The highest BCUT2D eigenvalue weighted by Crippen LogP contribution is 2.22. The molecule has 3 aromatic rings. The predicted octanol–water partition coefficient (Wildman–Crippen LogP) is 4.03. The van der Waals surface area contributed by atoms with Crippen LogP contribution < -0.4 is 0 Å². The first-order valence-corrected chi connectivity index (χ1v) is 6.98. The Kier molecular flexibility index (Phi) is 3.13. The van der Waals surface area contributed by atoms with Crippen LogP contribution in [-0.4, -0.2) is 10.8 Å². The number of aryl methyl sites for hydroxylation is 1. The fraction of sp³-hybridized carbons (Fsp3) is 0.125. The summed E-state index contributed by atoms with van der Waals surface area (Å²) in [7, 11) is 0. The van der Waals surface area contributed by atoms with Gasteiger partial charge in [0.15, 0.2) is 10.8 Å². The first-order valence-electron chi connectivity index (χ1n) is 6.17. The van der Waals surface area contributed by atoms with Crippen molar-refractivity contribution >= 4 is 27.3 Å². The molecule has 2 aromatic carbocycles. The molecule has 0 N–H and O–H groups in total. The van der Waals surface area contributed by atoms with E-state index in [4.69, 9.17) is 0 Å². The van der Waals surface area contributed by atoms with Crippen molar-refractivity contribution in [1.82, 2.24) is 4.98 Å². The van der Waals surface area contributed by atoms with Crippen LogP contribution in [0.25, 0.3) is 10.2 Å². The maximum Gasteiger partial charge on any atom is 0.195 e. The normalized spacial score (nSPS) is 10.8. The smallest absolute Gasteiger partial charge is 0.195 e. The van der Waals surface area contributed by atoms with Crippen molar-refractivity contribution in [2.45, 2.75) is 13.3 Å². The summed E-state index contributed by atoms with van der Waals surface area (Å²) in [4.78, 5) is 16.6. The van der Waals surface area contributed by atoms with Crippen LogP contribution in [0.4, 0.5) is 0 Å². The standard InChI is InChI=1S/C16H13NOS/c1-11-6-8-12(9-7-11)10-14(18)16-17-13-4-2-3-5-15(13)19-16/h2-9H,10H2,1H3. The van der Waals surface area contributed by atoms with Crippen LogP contribution in [0.15, 0.2) is 48.5 Å². The number of nitrogens with zero attached hydrogens (tertiary/aromatic N) is 1. The van der Waals surface area contributed by atoms with Crippen molar-refractivity contribution in [3.8, 4) is 0 Å². The number of fused-ring (bicyclic) bond motifs is 1. The third-order valence-electron chi connectivity index (χ3n) is 3.02. The van der Waals surface area contributed by atoms with Crippen LogP contribution in [0.5, 0.6) is 0 Å². The third-order valence-corrected chi connectivity index (χ3v) is 4.10. The lowest BCUT2D eigenvalue weighted by Gasteiger charge is -1.99. The van der Waals surface area contributed by atoms with Crippen LogP contribution in [0.1, 0.15) is 20.9 Å². The van der Waals surface area contributed by atoms with Crippen LogP contribution >= 0.6 is 11.3 Å². The molecular weight excluding hydrogens is 254 g/mol. The molecule has 0 amide bonds. The zero-order chi connectivity index (χ0) is 13.2. The number of Topliss-reactive ketones (excluding diaryl/α,β-unsaturated/α-hetero) is 1. The summed E-state index contributed by atoms with van der Waals surface area (Å²) < 4.78 is 1.06. The minimum absolute atomic E-state index is 0.0880. The molecule has 94 valence electrons. The van der Waals surface area contributed by atoms with Gasteiger partial charge in [0.05, 0.1) is 10.2 Å². The van der Waals surface area contributed by atoms with E-state index < -0.39 is 0 Å². The Morgan fingerprint density at radius 1 is 1.11 bits per heavy atom. The Balaban J connectivity index is 1.85. The maximum atomic E-state index is 12.2. The summed E-state index contributed by atoms with van der Waals surface area (Å²) >= 11 is 1.47. The molecule has 0 aliphatic rings. The number of thiazole rings is 1. The second kappa shape index (κ2) is 4.94. The zero-order valence-corrected chi connectivity index (χ0v) is 11.4. The molecular formula is C16H13NOS. The molecule has 0 fully saturated rings. The molecule has 2 nitrogen and oxygen atoms in total. The Labute approximate surface area is 115 Å². The van der Waals surface area contributed by atoms with E-state index in [1.807, 2.05) is 55.5 Å². The summed E-state index contributed by atoms with van der Waals surface area (Å²) in [5.74, 6) is 0.0880. The first kappa shape index (κ1) is 12.1. The van der Waals surface area contributed by atoms with E-state index in [1.165, 1.54) is 16.9 Å². The summed E-state index contributed by atoms with van der Waals surface area (Å²) in [6.45, 7) is 2.04. The molecule has 0 atom stereocenters. The van der Waals surface area contributed by atoms with Crippen molar-refractivity contribution in [1.29, 1.82) is 0 Å². The van der Waals surface area contributed by atoms with E-state index in [2.05, 4.69) is 4.98 Å². The van der Waals surface area contributed by atoms with Crippen LogP contribution in [-0.2, 0) is 6.42 Å². The van der Waals surface area contributed by atoms with E-state index in [9.17, 15) is 4.79 Å². The van der Waals surface area contributed by atoms with Gasteiger partial charge in [-0.05, 0) is 24.6 Å². The highest BCUT2D eigenvalue weighted by atomic mass is 32.1. The molecule has 0 unspecified atom stereocenters. The van der Waals surface area contributed by atoms with Crippen LogP contribution in [0.3, 0.4) is 0 Å². The molecule has 0 bridgehead atoms. The Hall–Kier alpha value is -2.00. The topological polar surface area (TPSA) is 30.0 Å². The van der Waals surface area contributed by atoms with E-state index in [-0.39, 0.29) is 5.78 Å². The number of ketones is 1. The second-order valence-electron chi connectivity index (χ2n) is 4.57. The zero-order valence-electron chi connectivity index (χ0n) is 10.6. The molecule has 3 rings (SSSR count). The summed E-state index contributed by atoms with van der Waals surface area (Å²) in [6, 6.07) is 15.9. The molecule has 0 spiro atoms. The van der Waals surface area contributed by atoms with Crippen LogP contribution in [0.2, 0.25) is 0 Å². The SMILES string of the molecule is Cc1ccc(CC(=O)c2nc3ccccc3s2)cc1. The Morgan fingerprint density at radius 3 is 2.58 bits per heavy atom. The van der Waals surface area contributed by atoms with Gasteiger partial charge in [-0.2, -0.15) is 0 Å². The number of hydrogen-bond acceptors (Lipinski definition) is 3. The summed E-state index contributed by atoms with van der Waals surface area (Å²) in [5.41, 5.74) is 3.14. The highest BCUT2D eigenvalue weighted by molar-refractivity contribution is 7.20. The molecule has 0 aliphatic heterocycles. The maximum absolute atomic E-state index is 12.2. The van der Waals surface area contributed by atoms with Crippen molar-refractivity contribution in [2.75, 3.05) is 0 Å². The van der Waals surface area contributed by atoms with E-state index >= 15 is 0 Å². The van der Waals surface area contributed by atoms with Gasteiger partial charge in [0, 0.05) is 6.42 Å². The minimum Gasteiger partial charge on any atom is -0.291 e. The van der Waals surface area contributed by atoms with Gasteiger partial charge in [0.2, 0.25) is 0 Å². The van der Waals surface area contributed by atoms with Gasteiger partial charge in [0.1, 0.15) is 0 Å². The largest absolute Gasteiger partial charge is 0.291 e. The lowest BCUT2D eigenvalue weighted by Crippen LogP contribution is -2.02.